The number of anilines is 1. The summed E-state index contributed by atoms with van der Waals surface area (Å²) in [5.41, 5.74) is 1.62. The van der Waals surface area contributed by atoms with E-state index >= 15 is 0 Å². The molecule has 1 atom stereocenters. The third kappa shape index (κ3) is 3.51. The van der Waals surface area contributed by atoms with Crippen LogP contribution in [0.3, 0.4) is 0 Å². The monoisotopic (exact) mass is 223 g/mol. The number of aromatic nitrogens is 1. The normalized spacial score (nSPS) is 11.9. The number of hydrogen-bond donors (Lipinski definition) is 3. The summed E-state index contributed by atoms with van der Waals surface area (Å²) >= 11 is 0. The van der Waals surface area contributed by atoms with Crippen LogP contribution in [0.25, 0.3) is 0 Å². The number of aliphatic hydroxyl groups is 1. The minimum atomic E-state index is -0.310. The Morgan fingerprint density at radius 1 is 1.62 bits per heavy atom. The topological polar surface area (TPSA) is 74.2 Å². The van der Waals surface area contributed by atoms with Gasteiger partial charge >= 0.3 is 6.03 Å². The van der Waals surface area contributed by atoms with E-state index in [0.29, 0.717) is 6.42 Å². The molecule has 0 aliphatic heterocycles. The van der Waals surface area contributed by atoms with E-state index in [-0.39, 0.29) is 18.7 Å². The van der Waals surface area contributed by atoms with Crippen LogP contribution >= 0.6 is 0 Å². The third-order valence-electron chi connectivity index (χ3n) is 2.32. The van der Waals surface area contributed by atoms with Crippen LogP contribution < -0.4 is 10.6 Å². The van der Waals surface area contributed by atoms with Gasteiger partial charge in [0.25, 0.3) is 0 Å². The van der Waals surface area contributed by atoms with Crippen LogP contribution in [0.15, 0.2) is 18.5 Å². The number of aliphatic hydroxyl groups excluding tert-OH is 1. The van der Waals surface area contributed by atoms with Crippen LogP contribution in [-0.2, 0) is 0 Å². The molecule has 0 aromatic carbocycles. The molecule has 88 valence electrons. The Morgan fingerprint density at radius 2 is 2.38 bits per heavy atom. The van der Waals surface area contributed by atoms with Gasteiger partial charge in [-0.15, -0.1) is 0 Å². The van der Waals surface area contributed by atoms with E-state index in [2.05, 4.69) is 15.6 Å². The lowest BCUT2D eigenvalue weighted by Crippen LogP contribution is -2.39. The van der Waals surface area contributed by atoms with E-state index in [0.717, 1.165) is 11.3 Å². The largest absolute Gasteiger partial charge is 0.394 e. The fourth-order valence-electron chi connectivity index (χ4n) is 1.23. The average molecular weight is 223 g/mol. The molecule has 0 bridgehead atoms. The molecular weight excluding hydrogens is 206 g/mol. The smallest absolute Gasteiger partial charge is 0.319 e. The predicted octanol–water partition coefficient (Wildman–Crippen LogP) is 1.28. The van der Waals surface area contributed by atoms with Gasteiger partial charge in [0.15, 0.2) is 0 Å². The molecule has 0 radical (unpaired) electrons. The van der Waals surface area contributed by atoms with Crippen molar-refractivity contribution in [1.29, 1.82) is 0 Å². The highest BCUT2D eigenvalue weighted by molar-refractivity contribution is 5.90. The maximum Gasteiger partial charge on any atom is 0.319 e. The SMILES string of the molecule is CC[C@@H](CO)NC(=O)Nc1ccncc1C. The summed E-state index contributed by atoms with van der Waals surface area (Å²) in [5.74, 6) is 0. The van der Waals surface area contributed by atoms with Crippen molar-refractivity contribution >= 4 is 11.7 Å². The molecule has 0 aliphatic rings. The van der Waals surface area contributed by atoms with Crippen molar-refractivity contribution < 1.29 is 9.90 Å². The van der Waals surface area contributed by atoms with Gasteiger partial charge in [0.2, 0.25) is 0 Å². The zero-order valence-electron chi connectivity index (χ0n) is 9.53. The van der Waals surface area contributed by atoms with E-state index in [4.69, 9.17) is 5.11 Å². The van der Waals surface area contributed by atoms with Crippen LogP contribution in [0.1, 0.15) is 18.9 Å². The van der Waals surface area contributed by atoms with Crippen LogP contribution in [-0.4, -0.2) is 28.8 Å². The van der Waals surface area contributed by atoms with Gasteiger partial charge in [-0.1, -0.05) is 6.92 Å². The Morgan fingerprint density at radius 3 is 2.94 bits per heavy atom. The molecule has 1 aromatic rings. The van der Waals surface area contributed by atoms with Crippen molar-refractivity contribution in [2.45, 2.75) is 26.3 Å². The second-order valence-corrected chi connectivity index (χ2v) is 3.58. The van der Waals surface area contributed by atoms with Crippen LogP contribution in [0.4, 0.5) is 10.5 Å². The fourth-order valence-corrected chi connectivity index (χ4v) is 1.23. The molecule has 2 amide bonds. The molecule has 5 nitrogen and oxygen atoms in total. The summed E-state index contributed by atoms with van der Waals surface area (Å²) in [7, 11) is 0. The van der Waals surface area contributed by atoms with Gasteiger partial charge in [0, 0.05) is 18.1 Å². The second-order valence-electron chi connectivity index (χ2n) is 3.58. The van der Waals surface area contributed by atoms with E-state index in [1.54, 1.807) is 18.5 Å². The first kappa shape index (κ1) is 12.4. The summed E-state index contributed by atoms with van der Waals surface area (Å²) in [6, 6.07) is 1.21. The molecule has 1 heterocycles. The van der Waals surface area contributed by atoms with Gasteiger partial charge in [-0.25, -0.2) is 4.79 Å². The molecule has 1 rings (SSSR count). The lowest BCUT2D eigenvalue weighted by Gasteiger charge is -2.15. The number of pyridine rings is 1. The van der Waals surface area contributed by atoms with Gasteiger partial charge in [-0.3, -0.25) is 4.98 Å². The number of carbonyl (C=O) groups excluding carboxylic acids is 1. The molecule has 0 saturated heterocycles. The quantitative estimate of drug-likeness (QED) is 0.720. The minimum absolute atomic E-state index is 0.0563. The Hall–Kier alpha value is -1.62. The number of aryl methyl sites for hydroxylation is 1. The van der Waals surface area contributed by atoms with Crippen LogP contribution in [0.5, 0.6) is 0 Å². The molecule has 0 unspecified atom stereocenters. The van der Waals surface area contributed by atoms with Crippen LogP contribution in [0, 0.1) is 6.92 Å². The van der Waals surface area contributed by atoms with E-state index in [1.165, 1.54) is 0 Å². The first-order valence-corrected chi connectivity index (χ1v) is 5.26. The van der Waals surface area contributed by atoms with Gasteiger partial charge < -0.3 is 15.7 Å². The number of nitrogens with zero attached hydrogens (tertiary/aromatic N) is 1. The van der Waals surface area contributed by atoms with Gasteiger partial charge in [0.1, 0.15) is 0 Å². The highest BCUT2D eigenvalue weighted by atomic mass is 16.3. The molecule has 0 saturated carbocycles. The van der Waals surface area contributed by atoms with Crippen molar-refractivity contribution in [3.05, 3.63) is 24.0 Å². The first-order valence-electron chi connectivity index (χ1n) is 5.26. The highest BCUT2D eigenvalue weighted by Crippen LogP contribution is 2.11. The number of nitrogens with one attached hydrogen (secondary N) is 2. The first-order chi connectivity index (χ1) is 7.67. The lowest BCUT2D eigenvalue weighted by atomic mass is 10.2. The van der Waals surface area contributed by atoms with Crippen molar-refractivity contribution in [2.24, 2.45) is 0 Å². The second kappa shape index (κ2) is 6.07. The molecule has 3 N–H and O–H groups in total. The molecule has 0 aliphatic carbocycles. The Balaban J connectivity index is 2.55. The maximum atomic E-state index is 11.5. The van der Waals surface area contributed by atoms with Crippen molar-refractivity contribution in [2.75, 3.05) is 11.9 Å². The van der Waals surface area contributed by atoms with Gasteiger partial charge in [-0.2, -0.15) is 0 Å². The lowest BCUT2D eigenvalue weighted by molar-refractivity contribution is 0.222. The van der Waals surface area contributed by atoms with E-state index in [1.807, 2.05) is 13.8 Å². The fraction of sp³-hybridized carbons (Fsp3) is 0.455. The summed E-state index contributed by atoms with van der Waals surface area (Å²) < 4.78 is 0. The molecule has 1 aromatic heterocycles. The van der Waals surface area contributed by atoms with Crippen molar-refractivity contribution in [3.63, 3.8) is 0 Å². The Kier molecular flexibility index (Phi) is 4.72. The summed E-state index contributed by atoms with van der Waals surface area (Å²) in [4.78, 5) is 15.5. The number of amides is 2. The molecule has 16 heavy (non-hydrogen) atoms. The number of rotatable bonds is 4. The van der Waals surface area contributed by atoms with E-state index in [9.17, 15) is 4.79 Å². The predicted molar refractivity (Wildman–Crippen MR) is 62.3 cm³/mol. The number of urea groups is 1. The van der Waals surface area contributed by atoms with Gasteiger partial charge in [0.05, 0.1) is 12.6 Å². The van der Waals surface area contributed by atoms with Crippen molar-refractivity contribution in [3.8, 4) is 0 Å². The standard InChI is InChI=1S/C11H17N3O2/c1-3-9(7-15)13-11(16)14-10-4-5-12-6-8(10)2/h4-6,9,15H,3,7H2,1-2H3,(H2,12,13,14,16)/t9-/m0/s1. The molecule has 0 fully saturated rings. The number of hydrogen-bond acceptors (Lipinski definition) is 3. The van der Waals surface area contributed by atoms with Gasteiger partial charge in [-0.05, 0) is 25.0 Å². The zero-order valence-corrected chi connectivity index (χ0v) is 9.53. The molecule has 5 heteroatoms. The summed E-state index contributed by atoms with van der Waals surface area (Å²) in [6.07, 6.45) is 3.99. The maximum absolute atomic E-state index is 11.5. The average Bonchev–Trinajstić information content (AvgIpc) is 2.29. The van der Waals surface area contributed by atoms with E-state index < -0.39 is 0 Å². The summed E-state index contributed by atoms with van der Waals surface area (Å²) in [6.45, 7) is 3.71. The van der Waals surface area contributed by atoms with Crippen molar-refractivity contribution in [1.82, 2.24) is 10.3 Å². The Bertz CT molecular complexity index is 351. The molecular formula is C11H17N3O2. The van der Waals surface area contributed by atoms with Crippen LogP contribution in [0.2, 0.25) is 0 Å². The summed E-state index contributed by atoms with van der Waals surface area (Å²) in [5, 5.41) is 14.3. The zero-order chi connectivity index (χ0) is 12.0. The highest BCUT2D eigenvalue weighted by Gasteiger charge is 2.09. The number of carbonyl (C=O) groups is 1. The molecule has 0 spiro atoms. The Labute approximate surface area is 94.9 Å². The third-order valence-corrected chi connectivity index (χ3v) is 2.32. The minimum Gasteiger partial charge on any atom is -0.394 e.